The van der Waals surface area contributed by atoms with Crippen LogP contribution in [-0.2, 0) is 14.6 Å². The van der Waals surface area contributed by atoms with Crippen LogP contribution in [-0.4, -0.2) is 26.2 Å². The quantitative estimate of drug-likeness (QED) is 0.805. The maximum atomic E-state index is 12.9. The van der Waals surface area contributed by atoms with Crippen molar-refractivity contribution >= 4 is 15.6 Å². The van der Waals surface area contributed by atoms with Crippen molar-refractivity contribution in [2.45, 2.75) is 5.92 Å². The minimum absolute atomic E-state index is 0.168. The summed E-state index contributed by atoms with van der Waals surface area (Å²) in [5, 5.41) is 8.85. The van der Waals surface area contributed by atoms with E-state index in [-0.39, 0.29) is 5.56 Å². The Labute approximate surface area is 98.6 Å². The Morgan fingerprint density at radius 1 is 1.53 bits per heavy atom. The molecule has 0 aliphatic heterocycles. The van der Waals surface area contributed by atoms with Crippen LogP contribution in [0.5, 0.6) is 0 Å². The number of halogens is 1. The van der Waals surface area contributed by atoms with Crippen molar-refractivity contribution in [2.24, 2.45) is 0 Å². The van der Waals surface area contributed by atoms with E-state index in [2.05, 4.69) is 0 Å². The van der Waals surface area contributed by atoms with Gasteiger partial charge in [-0.15, -0.1) is 0 Å². The highest BCUT2D eigenvalue weighted by atomic mass is 32.2. The fourth-order valence-corrected chi connectivity index (χ4v) is 2.04. The zero-order valence-corrected chi connectivity index (χ0v) is 9.87. The molecule has 0 aromatic heterocycles. The second-order valence-corrected chi connectivity index (χ2v) is 5.79. The number of carbonyl (C=O) groups is 1. The number of carbonyl (C=O) groups excluding carboxylic acids is 1. The Kier molecular flexibility index (Phi) is 3.97. The first-order valence-electron chi connectivity index (χ1n) is 4.69. The molecule has 4 nitrogen and oxygen atoms in total. The van der Waals surface area contributed by atoms with Gasteiger partial charge in [0.2, 0.25) is 0 Å². The molecule has 1 atom stereocenters. The van der Waals surface area contributed by atoms with Gasteiger partial charge in [-0.2, -0.15) is 5.26 Å². The van der Waals surface area contributed by atoms with Crippen molar-refractivity contribution in [1.82, 2.24) is 0 Å². The number of Topliss-reactive ketones (excluding diaryl/α,β-unsaturated/α-hetero) is 1. The summed E-state index contributed by atoms with van der Waals surface area (Å²) < 4.78 is 34.8. The molecule has 0 spiro atoms. The summed E-state index contributed by atoms with van der Waals surface area (Å²) in [4.78, 5) is 11.6. The zero-order valence-electron chi connectivity index (χ0n) is 9.05. The van der Waals surface area contributed by atoms with Crippen molar-refractivity contribution < 1.29 is 17.6 Å². The molecule has 0 saturated carbocycles. The summed E-state index contributed by atoms with van der Waals surface area (Å²) in [6.45, 7) is 0. The van der Waals surface area contributed by atoms with Gasteiger partial charge in [-0.1, -0.05) is 12.1 Å². The summed E-state index contributed by atoms with van der Waals surface area (Å²) in [7, 11) is -3.49. The molecule has 0 amide bonds. The van der Waals surface area contributed by atoms with Crippen LogP contribution in [0.1, 0.15) is 11.5 Å². The van der Waals surface area contributed by atoms with Crippen LogP contribution in [0.25, 0.3) is 0 Å². The Hall–Kier alpha value is -1.74. The van der Waals surface area contributed by atoms with Crippen molar-refractivity contribution in [2.75, 3.05) is 12.0 Å². The predicted octanol–water partition coefficient (Wildman–Crippen LogP) is 1.05. The molecule has 0 bridgehead atoms. The van der Waals surface area contributed by atoms with Crippen LogP contribution in [0, 0.1) is 17.1 Å². The van der Waals surface area contributed by atoms with E-state index >= 15 is 0 Å². The van der Waals surface area contributed by atoms with E-state index in [1.54, 1.807) is 6.07 Å². The Morgan fingerprint density at radius 3 is 2.65 bits per heavy atom. The molecule has 1 aromatic rings. The summed E-state index contributed by atoms with van der Waals surface area (Å²) in [5.74, 6) is -3.29. The molecule has 0 fully saturated rings. The van der Waals surface area contributed by atoms with Crippen molar-refractivity contribution in [3.8, 4) is 6.07 Å². The standard InChI is InChI=1S/C11H10FNO3S/c1-17(15,16)7-11(14)10(6-13)8-3-2-4-9(12)5-8/h2-5,10H,7H2,1H3. The van der Waals surface area contributed by atoms with E-state index < -0.39 is 33.1 Å². The van der Waals surface area contributed by atoms with Gasteiger partial charge in [0, 0.05) is 6.26 Å². The minimum Gasteiger partial charge on any atom is -0.297 e. The second-order valence-electron chi connectivity index (χ2n) is 3.65. The SMILES string of the molecule is CS(=O)(=O)CC(=O)C(C#N)c1cccc(F)c1. The normalized spacial score (nSPS) is 12.8. The highest BCUT2D eigenvalue weighted by Crippen LogP contribution is 2.17. The molecule has 0 aliphatic rings. The fraction of sp³-hybridized carbons (Fsp3) is 0.273. The molecule has 17 heavy (non-hydrogen) atoms. The van der Waals surface area contributed by atoms with Crippen molar-refractivity contribution in [3.63, 3.8) is 0 Å². The van der Waals surface area contributed by atoms with Crippen molar-refractivity contribution in [1.29, 1.82) is 5.26 Å². The zero-order chi connectivity index (χ0) is 13.1. The van der Waals surface area contributed by atoms with Gasteiger partial charge in [-0.25, -0.2) is 12.8 Å². The van der Waals surface area contributed by atoms with Crippen molar-refractivity contribution in [3.05, 3.63) is 35.6 Å². The average Bonchev–Trinajstić information content (AvgIpc) is 2.15. The van der Waals surface area contributed by atoms with E-state index in [1.807, 2.05) is 0 Å². The molecule has 0 N–H and O–H groups in total. The van der Waals surface area contributed by atoms with Gasteiger partial charge >= 0.3 is 0 Å². The van der Waals surface area contributed by atoms with E-state index in [9.17, 15) is 17.6 Å². The first kappa shape index (κ1) is 13.3. The van der Waals surface area contributed by atoms with Gasteiger partial charge in [0.1, 0.15) is 17.5 Å². The number of hydrogen-bond acceptors (Lipinski definition) is 4. The first-order valence-corrected chi connectivity index (χ1v) is 6.75. The summed E-state index contributed by atoms with van der Waals surface area (Å²) in [6, 6.07) is 6.69. The topological polar surface area (TPSA) is 75.0 Å². The van der Waals surface area contributed by atoms with Gasteiger partial charge in [-0.05, 0) is 17.7 Å². The van der Waals surface area contributed by atoms with Crippen LogP contribution in [0.15, 0.2) is 24.3 Å². The molecule has 0 radical (unpaired) electrons. The molecule has 0 heterocycles. The smallest absolute Gasteiger partial charge is 0.169 e. The number of benzene rings is 1. The first-order chi connectivity index (χ1) is 7.83. The third kappa shape index (κ3) is 3.96. The van der Waals surface area contributed by atoms with Gasteiger partial charge < -0.3 is 0 Å². The lowest BCUT2D eigenvalue weighted by molar-refractivity contribution is -0.116. The van der Waals surface area contributed by atoms with Gasteiger partial charge in [0.15, 0.2) is 15.6 Å². The largest absolute Gasteiger partial charge is 0.297 e. The fourth-order valence-electron chi connectivity index (χ4n) is 1.36. The summed E-state index contributed by atoms with van der Waals surface area (Å²) in [6.07, 6.45) is 0.908. The van der Waals surface area contributed by atoms with E-state index in [0.29, 0.717) is 0 Å². The number of rotatable bonds is 4. The number of hydrogen-bond donors (Lipinski definition) is 0. The third-order valence-electron chi connectivity index (χ3n) is 2.04. The summed E-state index contributed by atoms with van der Waals surface area (Å²) >= 11 is 0. The summed E-state index contributed by atoms with van der Waals surface area (Å²) in [5.41, 5.74) is 0.168. The molecular formula is C11H10FNO3S. The second kappa shape index (κ2) is 5.06. The number of sulfone groups is 1. The molecule has 6 heteroatoms. The van der Waals surface area contributed by atoms with Crippen LogP contribution in [0.4, 0.5) is 4.39 Å². The molecule has 0 saturated heterocycles. The number of nitrogens with zero attached hydrogens (tertiary/aromatic N) is 1. The number of ketones is 1. The van der Waals surface area contributed by atoms with Crippen LogP contribution in [0.2, 0.25) is 0 Å². The highest BCUT2D eigenvalue weighted by Gasteiger charge is 2.23. The molecule has 90 valence electrons. The predicted molar refractivity (Wildman–Crippen MR) is 59.5 cm³/mol. The average molecular weight is 255 g/mol. The molecule has 1 unspecified atom stereocenters. The maximum Gasteiger partial charge on any atom is 0.169 e. The Morgan fingerprint density at radius 2 is 2.18 bits per heavy atom. The van der Waals surface area contributed by atoms with Gasteiger partial charge in [0.25, 0.3) is 0 Å². The maximum absolute atomic E-state index is 12.9. The monoisotopic (exact) mass is 255 g/mol. The molecule has 1 aromatic carbocycles. The Bertz CT molecular complexity index is 575. The lowest BCUT2D eigenvalue weighted by atomic mass is 9.97. The van der Waals surface area contributed by atoms with Crippen LogP contribution >= 0.6 is 0 Å². The van der Waals surface area contributed by atoms with E-state index in [0.717, 1.165) is 12.3 Å². The minimum atomic E-state index is -3.49. The van der Waals surface area contributed by atoms with Crippen LogP contribution < -0.4 is 0 Å². The molecular weight excluding hydrogens is 245 g/mol. The number of nitriles is 1. The van der Waals surface area contributed by atoms with Crippen LogP contribution in [0.3, 0.4) is 0 Å². The van der Waals surface area contributed by atoms with Gasteiger partial charge in [0.05, 0.1) is 6.07 Å². The van der Waals surface area contributed by atoms with E-state index in [1.165, 1.54) is 18.2 Å². The Balaban J connectivity index is 3.02. The third-order valence-corrected chi connectivity index (χ3v) is 2.85. The lowest BCUT2D eigenvalue weighted by Gasteiger charge is -2.07. The highest BCUT2D eigenvalue weighted by molar-refractivity contribution is 7.91. The molecule has 0 aliphatic carbocycles. The van der Waals surface area contributed by atoms with E-state index in [4.69, 9.17) is 5.26 Å². The van der Waals surface area contributed by atoms with Gasteiger partial charge in [-0.3, -0.25) is 4.79 Å². The molecule has 1 rings (SSSR count). The lowest BCUT2D eigenvalue weighted by Crippen LogP contribution is -2.20.